The van der Waals surface area contributed by atoms with Crippen molar-refractivity contribution in [3.63, 3.8) is 0 Å². The maximum absolute atomic E-state index is 12.9. The summed E-state index contributed by atoms with van der Waals surface area (Å²) >= 11 is 5.93. The zero-order valence-electron chi connectivity index (χ0n) is 15.6. The quantitative estimate of drug-likeness (QED) is 0.359. The number of nitrogens with one attached hydrogen (secondary N) is 1. The average molecular weight is 443 g/mol. The Labute approximate surface area is 172 Å². The Bertz CT molecular complexity index is 1010. The summed E-state index contributed by atoms with van der Waals surface area (Å²) in [5.74, 6) is -0.493. The monoisotopic (exact) mass is 442 g/mol. The van der Waals surface area contributed by atoms with Gasteiger partial charge >= 0.3 is 5.97 Å². The first-order valence-electron chi connectivity index (χ1n) is 8.43. The van der Waals surface area contributed by atoms with Gasteiger partial charge in [0.1, 0.15) is 5.75 Å². The molecule has 0 bridgehead atoms. The van der Waals surface area contributed by atoms with Gasteiger partial charge in [0.2, 0.25) is 10.0 Å². The molecule has 0 aliphatic rings. The summed E-state index contributed by atoms with van der Waals surface area (Å²) in [6.45, 7) is 1.73. The van der Waals surface area contributed by atoms with Gasteiger partial charge < -0.3 is 9.47 Å². The third kappa shape index (κ3) is 5.89. The zero-order valence-corrected chi connectivity index (χ0v) is 17.2. The standard InChI is InChI=1S/C18H19ClN2O7S/c1-3-28-18(22)11-16(12-5-4-6-13(9-12)21(23)24)20-29(25,26)14-7-8-15(19)17(10-14)27-2/h4-10,16,20H,3,11H2,1-2H3/t16-/m1/s1. The molecule has 0 radical (unpaired) electrons. The minimum absolute atomic E-state index is 0.113. The average Bonchev–Trinajstić information content (AvgIpc) is 2.67. The molecule has 0 saturated heterocycles. The molecule has 2 aromatic carbocycles. The normalized spacial score (nSPS) is 12.2. The van der Waals surface area contributed by atoms with Gasteiger partial charge in [-0.25, -0.2) is 13.1 Å². The summed E-state index contributed by atoms with van der Waals surface area (Å²) in [6, 6.07) is 8.16. The molecular weight excluding hydrogens is 424 g/mol. The first-order valence-corrected chi connectivity index (χ1v) is 10.3. The summed E-state index contributed by atoms with van der Waals surface area (Å²) in [4.78, 5) is 22.3. The second kappa shape index (κ2) is 9.68. The van der Waals surface area contributed by atoms with Crippen LogP contribution < -0.4 is 9.46 Å². The number of nitro benzene ring substituents is 1. The van der Waals surface area contributed by atoms with Crippen LogP contribution in [-0.4, -0.2) is 33.0 Å². The van der Waals surface area contributed by atoms with E-state index in [1.54, 1.807) is 6.92 Å². The lowest BCUT2D eigenvalue weighted by Crippen LogP contribution is -2.31. The number of hydrogen-bond acceptors (Lipinski definition) is 7. The van der Waals surface area contributed by atoms with Gasteiger partial charge in [0.05, 0.1) is 41.0 Å². The molecule has 1 atom stereocenters. The van der Waals surface area contributed by atoms with Crippen LogP contribution in [0.2, 0.25) is 5.02 Å². The minimum atomic E-state index is -4.12. The number of carbonyl (C=O) groups is 1. The summed E-state index contributed by atoms with van der Waals surface area (Å²) < 4.78 is 38.1. The van der Waals surface area contributed by atoms with Gasteiger partial charge in [-0.2, -0.15) is 0 Å². The third-order valence-corrected chi connectivity index (χ3v) is 5.67. The van der Waals surface area contributed by atoms with Gasteiger partial charge in [0.15, 0.2) is 0 Å². The molecule has 0 heterocycles. The number of nitro groups is 1. The number of esters is 1. The molecule has 0 fully saturated rings. The van der Waals surface area contributed by atoms with Crippen LogP contribution in [0.4, 0.5) is 5.69 Å². The fourth-order valence-corrected chi connectivity index (χ4v) is 3.97. The van der Waals surface area contributed by atoms with Crippen LogP contribution in [0.15, 0.2) is 47.4 Å². The van der Waals surface area contributed by atoms with Crippen LogP contribution in [0.1, 0.15) is 24.9 Å². The molecule has 11 heteroatoms. The van der Waals surface area contributed by atoms with Crippen LogP contribution in [0, 0.1) is 10.1 Å². The van der Waals surface area contributed by atoms with E-state index in [2.05, 4.69) is 4.72 Å². The minimum Gasteiger partial charge on any atom is -0.495 e. The van der Waals surface area contributed by atoms with E-state index in [0.29, 0.717) is 0 Å². The number of rotatable bonds is 9. The van der Waals surface area contributed by atoms with E-state index in [1.807, 2.05) is 0 Å². The van der Waals surface area contributed by atoms with Crippen molar-refractivity contribution in [2.24, 2.45) is 0 Å². The summed E-state index contributed by atoms with van der Waals surface area (Å²) in [6.07, 6.45) is -0.348. The predicted octanol–water partition coefficient (Wildman–Crippen LogP) is 3.23. The first-order chi connectivity index (χ1) is 13.7. The van der Waals surface area contributed by atoms with Crippen molar-refractivity contribution in [1.82, 2.24) is 4.72 Å². The molecule has 2 rings (SSSR count). The van der Waals surface area contributed by atoms with Crippen molar-refractivity contribution in [2.45, 2.75) is 24.3 Å². The summed E-state index contributed by atoms with van der Waals surface area (Å²) in [5, 5.41) is 11.3. The molecule has 29 heavy (non-hydrogen) atoms. The highest BCUT2D eigenvalue weighted by molar-refractivity contribution is 7.89. The Morgan fingerprint density at radius 2 is 2.00 bits per heavy atom. The van der Waals surface area contributed by atoms with Crippen molar-refractivity contribution >= 4 is 33.3 Å². The van der Waals surface area contributed by atoms with E-state index in [9.17, 15) is 23.3 Å². The van der Waals surface area contributed by atoms with Gasteiger partial charge in [0.25, 0.3) is 5.69 Å². The molecule has 0 aromatic heterocycles. The predicted molar refractivity (Wildman–Crippen MR) is 105 cm³/mol. The van der Waals surface area contributed by atoms with Crippen LogP contribution in [0.5, 0.6) is 5.75 Å². The molecular formula is C18H19ClN2O7S. The molecule has 0 aliphatic carbocycles. The second-order valence-electron chi connectivity index (χ2n) is 5.83. The van der Waals surface area contributed by atoms with Crippen molar-refractivity contribution < 1.29 is 27.6 Å². The fourth-order valence-electron chi connectivity index (χ4n) is 2.53. The Balaban J connectivity index is 2.42. The molecule has 0 unspecified atom stereocenters. The topological polar surface area (TPSA) is 125 Å². The Morgan fingerprint density at radius 3 is 2.62 bits per heavy atom. The molecule has 9 nitrogen and oxygen atoms in total. The van der Waals surface area contributed by atoms with E-state index in [1.165, 1.54) is 49.6 Å². The summed E-state index contributed by atoms with van der Waals surface area (Å²) in [7, 11) is -2.77. The largest absolute Gasteiger partial charge is 0.495 e. The zero-order chi connectivity index (χ0) is 21.6. The highest BCUT2D eigenvalue weighted by Gasteiger charge is 2.26. The molecule has 0 aliphatic heterocycles. The Hall–Kier alpha value is -2.69. The molecule has 2 aromatic rings. The van der Waals surface area contributed by atoms with E-state index in [0.717, 1.165) is 0 Å². The lowest BCUT2D eigenvalue weighted by molar-refractivity contribution is -0.384. The number of ether oxygens (including phenoxy) is 2. The molecule has 0 spiro atoms. The van der Waals surface area contributed by atoms with E-state index < -0.39 is 27.0 Å². The van der Waals surface area contributed by atoms with Crippen molar-refractivity contribution in [3.8, 4) is 5.75 Å². The van der Waals surface area contributed by atoms with Crippen LogP contribution in [0.3, 0.4) is 0 Å². The Kier molecular flexibility index (Phi) is 7.54. The maximum Gasteiger partial charge on any atom is 0.307 e. The van der Waals surface area contributed by atoms with Crippen LogP contribution in [-0.2, 0) is 19.6 Å². The van der Waals surface area contributed by atoms with Gasteiger partial charge in [-0.15, -0.1) is 0 Å². The van der Waals surface area contributed by atoms with Crippen LogP contribution in [0.25, 0.3) is 0 Å². The molecule has 156 valence electrons. The van der Waals surface area contributed by atoms with E-state index in [-0.39, 0.29) is 39.9 Å². The smallest absolute Gasteiger partial charge is 0.307 e. The third-order valence-electron chi connectivity index (χ3n) is 3.89. The highest BCUT2D eigenvalue weighted by atomic mass is 35.5. The number of carbonyl (C=O) groups excluding carboxylic acids is 1. The summed E-state index contributed by atoms with van der Waals surface area (Å²) in [5.41, 5.74) is 0.0143. The van der Waals surface area contributed by atoms with E-state index in [4.69, 9.17) is 21.1 Å². The van der Waals surface area contributed by atoms with Crippen molar-refractivity contribution in [2.75, 3.05) is 13.7 Å². The number of benzene rings is 2. The number of nitrogens with zero attached hydrogens (tertiary/aromatic N) is 1. The highest BCUT2D eigenvalue weighted by Crippen LogP contribution is 2.29. The molecule has 0 amide bonds. The lowest BCUT2D eigenvalue weighted by atomic mass is 10.0. The lowest BCUT2D eigenvalue weighted by Gasteiger charge is -2.19. The van der Waals surface area contributed by atoms with Gasteiger partial charge in [-0.1, -0.05) is 23.7 Å². The van der Waals surface area contributed by atoms with Gasteiger partial charge in [-0.3, -0.25) is 14.9 Å². The number of hydrogen-bond donors (Lipinski definition) is 1. The van der Waals surface area contributed by atoms with Gasteiger partial charge in [0, 0.05) is 18.2 Å². The second-order valence-corrected chi connectivity index (χ2v) is 7.95. The number of non-ortho nitro benzene ring substituents is 1. The SMILES string of the molecule is CCOC(=O)C[C@@H](NS(=O)(=O)c1ccc(Cl)c(OC)c1)c1cccc([N+](=O)[O-])c1. The number of sulfonamides is 1. The molecule has 1 N–H and O–H groups in total. The van der Waals surface area contributed by atoms with E-state index >= 15 is 0 Å². The van der Waals surface area contributed by atoms with Gasteiger partial charge in [-0.05, 0) is 24.6 Å². The first kappa shape index (κ1) is 22.6. The Morgan fingerprint density at radius 1 is 1.28 bits per heavy atom. The van der Waals surface area contributed by atoms with Crippen molar-refractivity contribution in [3.05, 3.63) is 63.2 Å². The number of methoxy groups -OCH3 is 1. The maximum atomic E-state index is 12.9. The fraction of sp³-hybridized carbons (Fsp3) is 0.278. The van der Waals surface area contributed by atoms with Crippen molar-refractivity contribution in [1.29, 1.82) is 0 Å². The number of halogens is 1. The molecule has 0 saturated carbocycles. The van der Waals surface area contributed by atoms with Crippen LogP contribution >= 0.6 is 11.6 Å².